The van der Waals surface area contributed by atoms with Gasteiger partial charge in [0, 0.05) is 16.7 Å². The van der Waals surface area contributed by atoms with Crippen LogP contribution >= 0.6 is 8.35 Å². The number of hydrogen-bond donors (Lipinski definition) is 1. The molecule has 0 saturated carbocycles. The summed E-state index contributed by atoms with van der Waals surface area (Å²) in [6, 6.07) is 37.2. The van der Waals surface area contributed by atoms with Crippen molar-refractivity contribution < 1.29 is 4.42 Å². The minimum atomic E-state index is 0.612. The van der Waals surface area contributed by atoms with E-state index in [4.69, 9.17) is 14.9 Å². The van der Waals surface area contributed by atoms with Crippen LogP contribution in [0.4, 0.5) is 0 Å². The number of nitrogens with two attached hydrogens (primary N) is 1. The number of rotatable bonds is 6. The molecule has 3 nitrogen and oxygen atoms in total. The van der Waals surface area contributed by atoms with Gasteiger partial charge in [0.25, 0.3) is 0 Å². The third kappa shape index (κ3) is 4.56. The molecule has 5 rings (SSSR count). The molecule has 4 aromatic carbocycles. The van der Waals surface area contributed by atoms with Crippen LogP contribution < -0.4 is 5.50 Å². The first kappa shape index (κ1) is 21.1. The summed E-state index contributed by atoms with van der Waals surface area (Å²) in [5, 5.41) is 0. The quantitative estimate of drug-likeness (QED) is 0.275. The minimum Gasteiger partial charge on any atom is -0.435 e. The largest absolute Gasteiger partial charge is 0.435 e. The molecule has 0 fully saturated rings. The first-order valence-corrected chi connectivity index (χ1v) is 11.9. The average Bonchev–Trinajstić information content (AvgIpc) is 3.34. The van der Waals surface area contributed by atoms with Crippen LogP contribution in [0.1, 0.15) is 5.56 Å². The molecule has 0 saturated heterocycles. The lowest BCUT2D eigenvalue weighted by molar-refractivity contribution is 0.589. The normalized spacial score (nSPS) is 11.2. The number of benzene rings is 4. The predicted molar refractivity (Wildman–Crippen MR) is 139 cm³/mol. The summed E-state index contributed by atoms with van der Waals surface area (Å²) in [7, 11) is 0.797. The summed E-state index contributed by atoms with van der Waals surface area (Å²) in [5.74, 6) is 3.44. The van der Waals surface area contributed by atoms with E-state index in [-0.39, 0.29) is 0 Å². The van der Waals surface area contributed by atoms with Crippen LogP contribution in [0, 0.1) is 0 Å². The van der Waals surface area contributed by atoms with E-state index in [0.29, 0.717) is 5.89 Å². The van der Waals surface area contributed by atoms with Gasteiger partial charge in [0.1, 0.15) is 5.69 Å². The minimum absolute atomic E-state index is 0.612. The summed E-state index contributed by atoms with van der Waals surface area (Å²) < 4.78 is 6.46. The molecule has 33 heavy (non-hydrogen) atoms. The maximum absolute atomic E-state index is 6.46. The molecule has 0 atom stereocenters. The lowest BCUT2D eigenvalue weighted by atomic mass is 9.97. The van der Waals surface area contributed by atoms with Crippen molar-refractivity contribution >= 4 is 14.2 Å². The van der Waals surface area contributed by atoms with E-state index in [2.05, 4.69) is 72.5 Å². The first-order valence-electron chi connectivity index (χ1n) is 10.9. The molecule has 4 heteroatoms. The first-order chi connectivity index (χ1) is 16.3. The molecule has 0 aliphatic carbocycles. The molecular formula is C29H23N2OP. The van der Waals surface area contributed by atoms with Crippen LogP contribution in [0.5, 0.6) is 0 Å². The summed E-state index contributed by atoms with van der Waals surface area (Å²) >= 11 is 0. The van der Waals surface area contributed by atoms with Crippen molar-refractivity contribution in [2.45, 2.75) is 6.42 Å². The zero-order chi connectivity index (χ0) is 22.5. The van der Waals surface area contributed by atoms with Crippen molar-refractivity contribution in [3.63, 3.8) is 0 Å². The Morgan fingerprint density at radius 3 is 2.06 bits per heavy atom. The zero-order valence-electron chi connectivity index (χ0n) is 18.1. The zero-order valence-corrected chi connectivity index (χ0v) is 19.0. The van der Waals surface area contributed by atoms with Gasteiger partial charge in [-0.3, -0.25) is 5.50 Å². The van der Waals surface area contributed by atoms with Crippen LogP contribution in [0.25, 0.3) is 45.2 Å². The van der Waals surface area contributed by atoms with Gasteiger partial charge >= 0.3 is 0 Å². The molecule has 160 valence electrons. The Hall–Kier alpha value is -3.78. The molecule has 5 aromatic rings. The van der Waals surface area contributed by atoms with E-state index in [9.17, 15) is 0 Å². The molecule has 2 N–H and O–H groups in total. The Morgan fingerprint density at radius 1 is 0.697 bits per heavy atom. The van der Waals surface area contributed by atoms with Gasteiger partial charge in [0.2, 0.25) is 5.89 Å². The monoisotopic (exact) mass is 446 g/mol. The van der Waals surface area contributed by atoms with Crippen LogP contribution in [0.15, 0.2) is 114 Å². The van der Waals surface area contributed by atoms with Gasteiger partial charge in [-0.25, -0.2) is 4.98 Å². The molecule has 0 aliphatic heterocycles. The molecule has 1 heterocycles. The van der Waals surface area contributed by atoms with Crippen LogP contribution in [0.3, 0.4) is 0 Å². The highest BCUT2D eigenvalue weighted by Crippen LogP contribution is 2.39. The molecule has 0 aliphatic rings. The van der Waals surface area contributed by atoms with Gasteiger partial charge < -0.3 is 4.42 Å². The number of nitrogens with zero attached hydrogens (tertiary/aromatic N) is 1. The summed E-state index contributed by atoms with van der Waals surface area (Å²) in [4.78, 5) is 4.99. The van der Waals surface area contributed by atoms with Crippen molar-refractivity contribution in [3.05, 3.63) is 115 Å². The highest BCUT2D eigenvalue weighted by atomic mass is 31.1. The van der Waals surface area contributed by atoms with E-state index in [1.807, 2.05) is 42.5 Å². The van der Waals surface area contributed by atoms with Gasteiger partial charge in [-0.05, 0) is 43.3 Å². The third-order valence-electron chi connectivity index (χ3n) is 5.54. The molecular weight excluding hydrogens is 423 g/mol. The van der Waals surface area contributed by atoms with E-state index in [1.165, 1.54) is 5.56 Å². The Morgan fingerprint density at radius 2 is 1.33 bits per heavy atom. The highest BCUT2D eigenvalue weighted by molar-refractivity contribution is 7.35. The van der Waals surface area contributed by atoms with E-state index < -0.39 is 0 Å². The van der Waals surface area contributed by atoms with Crippen LogP contribution in [-0.2, 0) is 6.42 Å². The van der Waals surface area contributed by atoms with Crippen molar-refractivity contribution in [3.8, 4) is 45.2 Å². The molecule has 1 aromatic heterocycles. The maximum atomic E-state index is 6.46. The van der Waals surface area contributed by atoms with Gasteiger partial charge in [-0.1, -0.05) is 103 Å². The Kier molecular flexibility index (Phi) is 6.25. The highest BCUT2D eigenvalue weighted by Gasteiger charge is 2.20. The summed E-state index contributed by atoms with van der Waals surface area (Å²) in [6.45, 7) is 0. The predicted octanol–water partition coefficient (Wildman–Crippen LogP) is 7.51. The second-order valence-corrected chi connectivity index (χ2v) is 8.37. The fraction of sp³-hybridized carbons (Fsp3) is 0.0345. The van der Waals surface area contributed by atoms with Crippen molar-refractivity contribution in [2.24, 2.45) is 5.50 Å². The summed E-state index contributed by atoms with van der Waals surface area (Å²) in [6.07, 6.45) is 0.837. The molecule has 0 amide bonds. The van der Waals surface area contributed by atoms with Gasteiger partial charge in [0.15, 0.2) is 5.76 Å². The molecule has 0 bridgehead atoms. The van der Waals surface area contributed by atoms with Crippen molar-refractivity contribution in [1.29, 1.82) is 0 Å². The molecule has 0 radical (unpaired) electrons. The maximum Gasteiger partial charge on any atom is 0.227 e. The average molecular weight is 446 g/mol. The number of aromatic nitrogens is 1. The standard InChI is InChI=1S/C29H23N2OP/c30-33-19-18-21-10-9-15-24(20-21)25-16-7-8-17-26(25)29-31-27(22-11-3-1-4-12-22)28(32-29)23-13-5-2-6-14-23/h1-17,19-20H,18,30H2. The van der Waals surface area contributed by atoms with Gasteiger partial charge in [0.05, 0.1) is 0 Å². The van der Waals surface area contributed by atoms with Crippen LogP contribution in [0.2, 0.25) is 0 Å². The van der Waals surface area contributed by atoms with E-state index in [0.717, 1.165) is 54.0 Å². The number of oxazole rings is 1. The SMILES string of the molecule is NP=CCc1cccc(-c2ccccc2-c2nc(-c3ccccc3)c(-c3ccccc3)o2)c1. The van der Waals surface area contributed by atoms with Gasteiger partial charge in [-0.15, -0.1) is 0 Å². The van der Waals surface area contributed by atoms with Crippen LogP contribution in [-0.4, -0.2) is 10.8 Å². The molecule has 0 unspecified atom stereocenters. The Balaban J connectivity index is 1.65. The fourth-order valence-electron chi connectivity index (χ4n) is 3.96. The van der Waals surface area contributed by atoms with E-state index in [1.54, 1.807) is 0 Å². The van der Waals surface area contributed by atoms with Crippen molar-refractivity contribution in [2.75, 3.05) is 0 Å². The second kappa shape index (κ2) is 9.79. The second-order valence-electron chi connectivity index (χ2n) is 7.71. The Bertz CT molecular complexity index is 1330. The third-order valence-corrected chi connectivity index (χ3v) is 5.93. The number of hydrogen-bond acceptors (Lipinski definition) is 3. The fourth-order valence-corrected chi connectivity index (χ4v) is 4.27. The lowest BCUT2D eigenvalue weighted by Gasteiger charge is -2.08. The van der Waals surface area contributed by atoms with Gasteiger partial charge in [-0.2, -0.15) is 0 Å². The smallest absolute Gasteiger partial charge is 0.227 e. The Labute approximate surface area is 195 Å². The van der Waals surface area contributed by atoms with E-state index >= 15 is 0 Å². The molecule has 0 spiro atoms. The van der Waals surface area contributed by atoms with Crippen molar-refractivity contribution in [1.82, 2.24) is 4.98 Å². The lowest BCUT2D eigenvalue weighted by Crippen LogP contribution is -1.89. The topological polar surface area (TPSA) is 52.0 Å². The summed E-state index contributed by atoms with van der Waals surface area (Å²) in [5.41, 5.74) is 12.9.